The maximum Gasteiger partial charge on any atom is 0.0973 e. The van der Waals surface area contributed by atoms with Crippen molar-refractivity contribution < 1.29 is 0 Å². The Kier molecular flexibility index (Phi) is 4.02. The number of hydrogen-bond donors (Lipinski definition) is 0. The minimum atomic E-state index is 0.908. The van der Waals surface area contributed by atoms with Gasteiger partial charge < -0.3 is 0 Å². The third kappa shape index (κ3) is 2.79. The molecule has 6 aromatic rings. The van der Waals surface area contributed by atoms with Gasteiger partial charge in [0.2, 0.25) is 0 Å². The zero-order chi connectivity index (χ0) is 21.9. The molecule has 0 spiro atoms. The standard InChI is InChI=1S/C30H17BrN2/c31-25-15-14-21-24-17-27-26(16-23(24)20-12-7-13-22(25)28(20)21)32-29(18-8-3-1-4-9-18)30(33-27)19-10-5-2-6-11-19/h1-17H. The quantitative estimate of drug-likeness (QED) is 0.245. The fraction of sp³-hybridized carbons (Fsp3) is 0. The Bertz CT molecular complexity index is 1620. The highest BCUT2D eigenvalue weighted by atomic mass is 79.9. The number of hydrogen-bond acceptors (Lipinski definition) is 2. The van der Waals surface area contributed by atoms with Crippen molar-refractivity contribution >= 4 is 37.7 Å². The second-order valence-corrected chi connectivity index (χ2v) is 9.22. The third-order valence-corrected chi connectivity index (χ3v) is 7.16. The van der Waals surface area contributed by atoms with Gasteiger partial charge in [0.25, 0.3) is 0 Å². The summed E-state index contributed by atoms with van der Waals surface area (Å²) in [6, 6.07) is 35.9. The monoisotopic (exact) mass is 484 g/mol. The summed E-state index contributed by atoms with van der Waals surface area (Å²) in [6.07, 6.45) is 0. The summed E-state index contributed by atoms with van der Waals surface area (Å²) in [6.45, 7) is 0. The Hall–Kier alpha value is -3.82. The summed E-state index contributed by atoms with van der Waals surface area (Å²) in [5.41, 5.74) is 10.8. The zero-order valence-electron chi connectivity index (χ0n) is 17.6. The van der Waals surface area contributed by atoms with Crippen molar-refractivity contribution in [1.82, 2.24) is 9.97 Å². The van der Waals surface area contributed by atoms with E-state index >= 15 is 0 Å². The number of nitrogens with zero attached hydrogens (tertiary/aromatic N) is 2. The van der Waals surface area contributed by atoms with Crippen LogP contribution in [0.2, 0.25) is 0 Å². The Morgan fingerprint density at radius 2 is 1.03 bits per heavy atom. The van der Waals surface area contributed by atoms with E-state index < -0.39 is 0 Å². The number of rotatable bonds is 2. The Balaban J connectivity index is 1.55. The molecule has 1 aliphatic rings. The van der Waals surface area contributed by atoms with Crippen LogP contribution in [0.1, 0.15) is 0 Å². The largest absolute Gasteiger partial charge is 0.244 e. The van der Waals surface area contributed by atoms with Gasteiger partial charge in [-0.3, -0.25) is 0 Å². The molecule has 5 aromatic carbocycles. The average molecular weight is 485 g/mol. The molecule has 0 unspecified atom stereocenters. The molecule has 7 rings (SSSR count). The van der Waals surface area contributed by atoms with Crippen molar-refractivity contribution in [2.45, 2.75) is 0 Å². The molecular weight excluding hydrogens is 468 g/mol. The van der Waals surface area contributed by atoms with Crippen molar-refractivity contribution in [2.75, 3.05) is 0 Å². The lowest BCUT2D eigenvalue weighted by Gasteiger charge is -2.12. The van der Waals surface area contributed by atoms with Crippen LogP contribution in [0.25, 0.3) is 66.6 Å². The molecule has 0 bridgehead atoms. The van der Waals surface area contributed by atoms with Crippen LogP contribution in [0.15, 0.2) is 108 Å². The van der Waals surface area contributed by atoms with Crippen LogP contribution in [-0.2, 0) is 0 Å². The van der Waals surface area contributed by atoms with Gasteiger partial charge in [-0.1, -0.05) is 101 Å². The molecular formula is C30H17BrN2. The van der Waals surface area contributed by atoms with Gasteiger partial charge in [0.15, 0.2) is 0 Å². The van der Waals surface area contributed by atoms with Crippen molar-refractivity contribution in [1.29, 1.82) is 0 Å². The lowest BCUT2D eigenvalue weighted by Crippen LogP contribution is -1.96. The van der Waals surface area contributed by atoms with E-state index in [0.29, 0.717) is 0 Å². The molecule has 1 aromatic heterocycles. The van der Waals surface area contributed by atoms with E-state index in [4.69, 9.17) is 9.97 Å². The Labute approximate surface area is 199 Å². The minimum absolute atomic E-state index is 0.908. The van der Waals surface area contributed by atoms with Crippen molar-refractivity contribution in [3.8, 4) is 44.8 Å². The van der Waals surface area contributed by atoms with E-state index in [9.17, 15) is 0 Å². The number of halogens is 1. The Morgan fingerprint density at radius 1 is 0.485 bits per heavy atom. The third-order valence-electron chi connectivity index (χ3n) is 6.47. The van der Waals surface area contributed by atoms with Gasteiger partial charge in [0.05, 0.1) is 22.4 Å². The van der Waals surface area contributed by atoms with Crippen molar-refractivity contribution in [3.63, 3.8) is 0 Å². The highest BCUT2D eigenvalue weighted by molar-refractivity contribution is 9.10. The van der Waals surface area contributed by atoms with Gasteiger partial charge in [-0.2, -0.15) is 0 Å². The van der Waals surface area contributed by atoms with Crippen molar-refractivity contribution in [2.24, 2.45) is 0 Å². The smallest absolute Gasteiger partial charge is 0.0973 e. The normalized spacial score (nSPS) is 11.8. The molecule has 0 saturated heterocycles. The molecule has 0 amide bonds. The first-order valence-corrected chi connectivity index (χ1v) is 11.8. The predicted molar refractivity (Wildman–Crippen MR) is 140 cm³/mol. The first kappa shape index (κ1) is 18.7. The van der Waals surface area contributed by atoms with E-state index in [1.165, 1.54) is 33.0 Å². The van der Waals surface area contributed by atoms with Gasteiger partial charge in [-0.25, -0.2) is 9.97 Å². The Morgan fingerprint density at radius 3 is 1.61 bits per heavy atom. The highest BCUT2D eigenvalue weighted by Gasteiger charge is 2.24. The minimum Gasteiger partial charge on any atom is -0.244 e. The average Bonchev–Trinajstić information content (AvgIpc) is 3.19. The first-order valence-electron chi connectivity index (χ1n) is 11.0. The molecule has 33 heavy (non-hydrogen) atoms. The predicted octanol–water partition coefficient (Wildman–Crippen LogP) is 8.53. The van der Waals surface area contributed by atoms with E-state index in [0.717, 1.165) is 38.0 Å². The molecule has 0 aliphatic heterocycles. The molecule has 0 saturated carbocycles. The van der Waals surface area contributed by atoms with Crippen LogP contribution < -0.4 is 0 Å². The summed E-state index contributed by atoms with van der Waals surface area (Å²) < 4.78 is 1.12. The topological polar surface area (TPSA) is 25.8 Å². The lowest BCUT2D eigenvalue weighted by molar-refractivity contribution is 1.29. The highest BCUT2D eigenvalue weighted by Crippen LogP contribution is 2.49. The van der Waals surface area contributed by atoms with Crippen LogP contribution in [0, 0.1) is 0 Å². The van der Waals surface area contributed by atoms with Gasteiger partial charge in [0.1, 0.15) is 0 Å². The fourth-order valence-corrected chi connectivity index (χ4v) is 5.43. The number of benzene rings is 5. The molecule has 154 valence electrons. The van der Waals surface area contributed by atoms with Crippen LogP contribution in [0.3, 0.4) is 0 Å². The van der Waals surface area contributed by atoms with Gasteiger partial charge in [-0.05, 0) is 51.2 Å². The van der Waals surface area contributed by atoms with Crippen LogP contribution in [-0.4, -0.2) is 9.97 Å². The summed E-state index contributed by atoms with van der Waals surface area (Å²) in [5, 5.41) is 2.53. The summed E-state index contributed by atoms with van der Waals surface area (Å²) in [4.78, 5) is 10.3. The number of fused-ring (bicyclic) bond motifs is 4. The fourth-order valence-electron chi connectivity index (χ4n) is 4.96. The molecule has 0 radical (unpaired) electrons. The second kappa shape index (κ2) is 7.09. The SMILES string of the molecule is Brc1ccc2c3c(cccc13)-c1cc3nc(-c4ccccc4)c(-c4ccccc4)nc3cc1-2. The lowest BCUT2D eigenvalue weighted by atomic mass is 10.0. The molecule has 1 heterocycles. The summed E-state index contributed by atoms with van der Waals surface area (Å²) >= 11 is 3.73. The van der Waals surface area contributed by atoms with Gasteiger partial charge >= 0.3 is 0 Å². The maximum atomic E-state index is 5.17. The first-order chi connectivity index (χ1) is 16.3. The van der Waals surface area contributed by atoms with Gasteiger partial charge in [0, 0.05) is 15.6 Å². The van der Waals surface area contributed by atoms with E-state index in [1.807, 2.05) is 36.4 Å². The van der Waals surface area contributed by atoms with Crippen LogP contribution in [0.4, 0.5) is 0 Å². The zero-order valence-corrected chi connectivity index (χ0v) is 19.2. The summed E-state index contributed by atoms with van der Waals surface area (Å²) in [5.74, 6) is 0. The maximum absolute atomic E-state index is 5.17. The summed E-state index contributed by atoms with van der Waals surface area (Å²) in [7, 11) is 0. The van der Waals surface area contributed by atoms with E-state index in [1.54, 1.807) is 0 Å². The molecule has 0 N–H and O–H groups in total. The van der Waals surface area contributed by atoms with E-state index in [-0.39, 0.29) is 0 Å². The van der Waals surface area contributed by atoms with E-state index in [2.05, 4.69) is 82.7 Å². The van der Waals surface area contributed by atoms with Crippen molar-refractivity contribution in [3.05, 3.63) is 108 Å². The molecule has 0 atom stereocenters. The second-order valence-electron chi connectivity index (χ2n) is 8.36. The molecule has 3 heteroatoms. The van der Waals surface area contributed by atoms with Gasteiger partial charge in [-0.15, -0.1) is 0 Å². The number of aromatic nitrogens is 2. The molecule has 1 aliphatic carbocycles. The van der Waals surface area contributed by atoms with Crippen LogP contribution in [0.5, 0.6) is 0 Å². The molecule has 0 fully saturated rings. The molecule has 2 nitrogen and oxygen atoms in total. The van der Waals surface area contributed by atoms with Crippen LogP contribution >= 0.6 is 15.9 Å².